The highest BCUT2D eigenvalue weighted by Crippen LogP contribution is 2.28. The molecule has 0 radical (unpaired) electrons. The predicted octanol–water partition coefficient (Wildman–Crippen LogP) is 3.73. The van der Waals surface area contributed by atoms with Crippen molar-refractivity contribution in [2.24, 2.45) is 7.05 Å². The number of methoxy groups -OCH3 is 2. The third kappa shape index (κ3) is 3.51. The summed E-state index contributed by atoms with van der Waals surface area (Å²) < 4.78 is 12.5. The van der Waals surface area contributed by atoms with Crippen molar-refractivity contribution in [2.75, 3.05) is 19.5 Å². The van der Waals surface area contributed by atoms with E-state index in [1.165, 1.54) is 11.3 Å². The van der Waals surface area contributed by atoms with E-state index in [-0.39, 0.29) is 5.91 Å². The van der Waals surface area contributed by atoms with Crippen LogP contribution >= 0.6 is 11.3 Å². The van der Waals surface area contributed by atoms with Crippen LogP contribution in [0, 0.1) is 6.92 Å². The van der Waals surface area contributed by atoms with Crippen molar-refractivity contribution in [3.05, 3.63) is 47.1 Å². The SMILES string of the molecule is COc1cc(NC(=O)c2csc(-c3ccc(C)n3C)n2)cc(OC)c1. The monoisotopic (exact) mass is 357 g/mol. The van der Waals surface area contributed by atoms with Gasteiger partial charge in [-0.2, -0.15) is 0 Å². The maximum absolute atomic E-state index is 12.5. The van der Waals surface area contributed by atoms with Crippen molar-refractivity contribution in [3.8, 4) is 22.2 Å². The second-order valence-electron chi connectivity index (χ2n) is 5.51. The van der Waals surface area contributed by atoms with Crippen molar-refractivity contribution in [2.45, 2.75) is 6.92 Å². The Morgan fingerprint density at radius 2 is 1.84 bits per heavy atom. The molecule has 1 N–H and O–H groups in total. The molecule has 3 rings (SSSR count). The minimum atomic E-state index is -0.274. The van der Waals surface area contributed by atoms with E-state index < -0.39 is 0 Å². The molecule has 130 valence electrons. The molecule has 0 aliphatic carbocycles. The van der Waals surface area contributed by atoms with Gasteiger partial charge in [-0.3, -0.25) is 4.79 Å². The maximum atomic E-state index is 12.5. The van der Waals surface area contributed by atoms with Crippen LogP contribution in [0.3, 0.4) is 0 Å². The molecule has 1 aromatic carbocycles. The summed E-state index contributed by atoms with van der Waals surface area (Å²) in [5.41, 5.74) is 3.09. The lowest BCUT2D eigenvalue weighted by atomic mass is 10.2. The highest BCUT2D eigenvalue weighted by molar-refractivity contribution is 7.13. The fraction of sp³-hybridized carbons (Fsp3) is 0.222. The molecule has 0 unspecified atom stereocenters. The quantitative estimate of drug-likeness (QED) is 0.756. The Morgan fingerprint density at radius 1 is 1.16 bits per heavy atom. The Kier molecular flexibility index (Phi) is 4.76. The largest absolute Gasteiger partial charge is 0.497 e. The lowest BCUT2D eigenvalue weighted by Gasteiger charge is -2.09. The molecule has 0 saturated heterocycles. The van der Waals surface area contributed by atoms with E-state index in [9.17, 15) is 4.79 Å². The van der Waals surface area contributed by atoms with Gasteiger partial charge in [0.15, 0.2) is 0 Å². The van der Waals surface area contributed by atoms with Gasteiger partial charge in [-0.1, -0.05) is 0 Å². The van der Waals surface area contributed by atoms with Crippen LogP contribution in [0.2, 0.25) is 0 Å². The molecule has 0 spiro atoms. The number of rotatable bonds is 5. The number of ether oxygens (including phenoxy) is 2. The molecule has 0 fully saturated rings. The highest BCUT2D eigenvalue weighted by atomic mass is 32.1. The van der Waals surface area contributed by atoms with E-state index in [0.29, 0.717) is 22.9 Å². The van der Waals surface area contributed by atoms with Gasteiger partial charge in [-0.15, -0.1) is 11.3 Å². The molecule has 0 atom stereocenters. The first-order chi connectivity index (χ1) is 12.0. The molecule has 0 bridgehead atoms. The fourth-order valence-corrected chi connectivity index (χ4v) is 3.26. The minimum absolute atomic E-state index is 0.274. The number of carbonyl (C=O) groups is 1. The standard InChI is InChI=1S/C18H19N3O3S/c1-11-5-6-16(21(11)2)18-20-15(10-25-18)17(22)19-12-7-13(23-3)9-14(8-12)24-4/h5-10H,1-4H3,(H,19,22). The number of nitrogens with zero attached hydrogens (tertiary/aromatic N) is 2. The summed E-state index contributed by atoms with van der Waals surface area (Å²) in [6, 6.07) is 9.23. The van der Waals surface area contributed by atoms with E-state index in [1.807, 2.05) is 30.7 Å². The third-order valence-corrected chi connectivity index (χ3v) is 4.80. The van der Waals surface area contributed by atoms with Crippen molar-refractivity contribution in [1.82, 2.24) is 9.55 Å². The lowest BCUT2D eigenvalue weighted by molar-refractivity contribution is 0.102. The van der Waals surface area contributed by atoms with Crippen LogP contribution in [0.4, 0.5) is 5.69 Å². The summed E-state index contributed by atoms with van der Waals surface area (Å²) in [5.74, 6) is 0.935. The molecule has 2 aromatic heterocycles. The Bertz CT molecular complexity index is 892. The van der Waals surface area contributed by atoms with Gasteiger partial charge in [0.2, 0.25) is 0 Å². The van der Waals surface area contributed by atoms with E-state index >= 15 is 0 Å². The minimum Gasteiger partial charge on any atom is -0.497 e. The number of thiazole rings is 1. The normalized spacial score (nSPS) is 10.6. The lowest BCUT2D eigenvalue weighted by Crippen LogP contribution is -2.12. The Morgan fingerprint density at radius 3 is 2.40 bits per heavy atom. The summed E-state index contributed by atoms with van der Waals surface area (Å²) >= 11 is 1.44. The maximum Gasteiger partial charge on any atom is 0.275 e. The second kappa shape index (κ2) is 6.98. The zero-order valence-corrected chi connectivity index (χ0v) is 15.3. The number of aromatic nitrogens is 2. The average Bonchev–Trinajstić information content (AvgIpc) is 3.22. The first-order valence-corrected chi connectivity index (χ1v) is 8.52. The smallest absolute Gasteiger partial charge is 0.275 e. The summed E-state index contributed by atoms with van der Waals surface area (Å²) in [6.07, 6.45) is 0. The van der Waals surface area contributed by atoms with Gasteiger partial charge in [-0.05, 0) is 19.1 Å². The fourth-order valence-electron chi connectivity index (χ4n) is 2.40. The van der Waals surface area contributed by atoms with Crippen LogP contribution < -0.4 is 14.8 Å². The van der Waals surface area contributed by atoms with E-state index in [2.05, 4.69) is 10.3 Å². The second-order valence-corrected chi connectivity index (χ2v) is 6.37. The van der Waals surface area contributed by atoms with Crippen LogP contribution in [0.5, 0.6) is 11.5 Å². The van der Waals surface area contributed by atoms with Gasteiger partial charge in [-0.25, -0.2) is 4.98 Å². The molecule has 1 amide bonds. The van der Waals surface area contributed by atoms with Gasteiger partial charge < -0.3 is 19.4 Å². The molecule has 2 heterocycles. The average molecular weight is 357 g/mol. The van der Waals surface area contributed by atoms with E-state index in [0.717, 1.165) is 16.4 Å². The van der Waals surface area contributed by atoms with Gasteiger partial charge in [0.05, 0.1) is 19.9 Å². The van der Waals surface area contributed by atoms with Crippen molar-refractivity contribution >= 4 is 22.9 Å². The van der Waals surface area contributed by atoms with Gasteiger partial charge in [0, 0.05) is 42.0 Å². The topological polar surface area (TPSA) is 65.4 Å². The number of aryl methyl sites for hydroxylation is 1. The first kappa shape index (κ1) is 17.0. The molecule has 0 aliphatic heterocycles. The molecule has 0 aliphatic rings. The predicted molar refractivity (Wildman–Crippen MR) is 98.8 cm³/mol. The van der Waals surface area contributed by atoms with Crippen LogP contribution in [-0.2, 0) is 7.05 Å². The Balaban J connectivity index is 1.82. The number of hydrogen-bond acceptors (Lipinski definition) is 5. The first-order valence-electron chi connectivity index (χ1n) is 7.64. The molecule has 6 nitrogen and oxygen atoms in total. The number of benzene rings is 1. The number of anilines is 1. The Labute approximate surface area is 150 Å². The molecular formula is C18H19N3O3S. The molecule has 7 heteroatoms. The van der Waals surface area contributed by atoms with E-state index in [1.54, 1.807) is 37.8 Å². The van der Waals surface area contributed by atoms with E-state index in [4.69, 9.17) is 9.47 Å². The summed E-state index contributed by atoms with van der Waals surface area (Å²) in [6.45, 7) is 2.03. The summed E-state index contributed by atoms with van der Waals surface area (Å²) in [7, 11) is 5.11. The van der Waals surface area contributed by atoms with Crippen LogP contribution in [-0.4, -0.2) is 29.7 Å². The summed E-state index contributed by atoms with van der Waals surface area (Å²) in [4.78, 5) is 17.0. The number of amides is 1. The molecule has 25 heavy (non-hydrogen) atoms. The van der Waals surface area contributed by atoms with Gasteiger partial charge in [0.25, 0.3) is 5.91 Å². The van der Waals surface area contributed by atoms with Crippen molar-refractivity contribution in [3.63, 3.8) is 0 Å². The van der Waals surface area contributed by atoms with Crippen LogP contribution in [0.15, 0.2) is 35.7 Å². The van der Waals surface area contributed by atoms with Crippen molar-refractivity contribution < 1.29 is 14.3 Å². The van der Waals surface area contributed by atoms with Gasteiger partial charge >= 0.3 is 0 Å². The number of hydrogen-bond donors (Lipinski definition) is 1. The van der Waals surface area contributed by atoms with Crippen LogP contribution in [0.25, 0.3) is 10.7 Å². The molecule has 0 saturated carbocycles. The Hall–Kier alpha value is -2.80. The summed E-state index contributed by atoms with van der Waals surface area (Å²) in [5, 5.41) is 5.39. The van der Waals surface area contributed by atoms with Crippen molar-refractivity contribution in [1.29, 1.82) is 0 Å². The van der Waals surface area contributed by atoms with Gasteiger partial charge in [0.1, 0.15) is 22.2 Å². The molecule has 3 aromatic rings. The number of nitrogens with one attached hydrogen (secondary N) is 1. The zero-order chi connectivity index (χ0) is 18.0. The number of carbonyl (C=O) groups excluding carboxylic acids is 1. The molecular weight excluding hydrogens is 338 g/mol. The zero-order valence-electron chi connectivity index (χ0n) is 14.5. The highest BCUT2D eigenvalue weighted by Gasteiger charge is 2.15. The third-order valence-electron chi connectivity index (χ3n) is 3.94. The van der Waals surface area contributed by atoms with Crippen LogP contribution in [0.1, 0.15) is 16.2 Å².